The first kappa shape index (κ1) is 20.5. The number of rotatable bonds is 3. The second kappa shape index (κ2) is 6.87. The van der Waals surface area contributed by atoms with E-state index in [4.69, 9.17) is 4.74 Å². The Hall–Kier alpha value is -3.80. The van der Waals surface area contributed by atoms with E-state index in [1.807, 2.05) is 26.0 Å². The van der Waals surface area contributed by atoms with Gasteiger partial charge in [-0.05, 0) is 62.1 Å². The van der Waals surface area contributed by atoms with Crippen molar-refractivity contribution in [2.75, 3.05) is 0 Å². The van der Waals surface area contributed by atoms with Crippen molar-refractivity contribution < 1.29 is 29.6 Å². The number of phenols is 2. The molecule has 1 aliphatic rings. The highest BCUT2D eigenvalue weighted by Crippen LogP contribution is 2.53. The number of hydrogen-bond acceptors (Lipinski definition) is 5. The fourth-order valence-corrected chi connectivity index (χ4v) is 4.12. The minimum Gasteiger partial charge on any atom is -0.507 e. The van der Waals surface area contributed by atoms with E-state index in [9.17, 15) is 24.9 Å². The van der Waals surface area contributed by atoms with Crippen molar-refractivity contribution in [3.05, 3.63) is 92.5 Å². The molecule has 1 heterocycles. The van der Waals surface area contributed by atoms with E-state index in [0.29, 0.717) is 27.8 Å². The molecule has 0 spiro atoms. The number of hydrogen-bond donors (Lipinski definition) is 3. The van der Waals surface area contributed by atoms with Gasteiger partial charge in [-0.15, -0.1) is 0 Å². The largest absolute Gasteiger partial charge is 0.507 e. The Balaban J connectivity index is 2.15. The molecule has 31 heavy (non-hydrogen) atoms. The molecule has 0 saturated carbocycles. The lowest BCUT2D eigenvalue weighted by Gasteiger charge is -2.32. The highest BCUT2D eigenvalue weighted by atomic mass is 16.6. The minimum atomic E-state index is -1.63. The molecule has 0 aliphatic carbocycles. The number of cyclic esters (lactones) is 1. The molecule has 3 aromatic carbocycles. The molecule has 0 fully saturated rings. The standard InChI is InChI=1S/C25H22O6/c1-12-5-8-19(21(26)14(12)3)25(20-9-6-13(2)15(4)22(20)27)18-10-7-16(23(28)29)11-17(18)24(30)31-25/h5-11,26-27H,1-4H3,(H,28,29). The predicted molar refractivity (Wildman–Crippen MR) is 114 cm³/mol. The summed E-state index contributed by atoms with van der Waals surface area (Å²) in [6.07, 6.45) is 0. The van der Waals surface area contributed by atoms with Gasteiger partial charge in [0.2, 0.25) is 0 Å². The van der Waals surface area contributed by atoms with Crippen LogP contribution in [-0.2, 0) is 10.3 Å². The monoisotopic (exact) mass is 418 g/mol. The van der Waals surface area contributed by atoms with Gasteiger partial charge in [0.1, 0.15) is 11.5 Å². The normalized spacial score (nSPS) is 14.3. The molecule has 0 unspecified atom stereocenters. The second-order valence-electron chi connectivity index (χ2n) is 7.94. The maximum atomic E-state index is 13.0. The predicted octanol–water partition coefficient (Wildman–Crippen LogP) is 4.49. The smallest absolute Gasteiger partial charge is 0.340 e. The quantitative estimate of drug-likeness (QED) is 0.542. The number of aromatic carboxylic acids is 1. The molecular formula is C25H22O6. The molecule has 0 bridgehead atoms. The summed E-state index contributed by atoms with van der Waals surface area (Å²) in [5, 5.41) is 31.5. The Kier molecular flexibility index (Phi) is 4.54. The summed E-state index contributed by atoms with van der Waals surface area (Å²) >= 11 is 0. The third-order valence-electron chi connectivity index (χ3n) is 6.27. The van der Waals surface area contributed by atoms with Crippen molar-refractivity contribution in [3.8, 4) is 11.5 Å². The van der Waals surface area contributed by atoms with E-state index in [1.54, 1.807) is 26.0 Å². The number of ether oxygens (including phenoxy) is 1. The number of carbonyl (C=O) groups is 2. The van der Waals surface area contributed by atoms with Crippen LogP contribution in [0.1, 0.15) is 59.7 Å². The van der Waals surface area contributed by atoms with Crippen LogP contribution in [-0.4, -0.2) is 27.3 Å². The molecule has 0 aromatic heterocycles. The lowest BCUT2D eigenvalue weighted by atomic mass is 9.77. The van der Waals surface area contributed by atoms with E-state index in [-0.39, 0.29) is 22.6 Å². The van der Waals surface area contributed by atoms with E-state index in [0.717, 1.165) is 11.1 Å². The van der Waals surface area contributed by atoms with Gasteiger partial charge in [-0.3, -0.25) is 0 Å². The van der Waals surface area contributed by atoms with Crippen LogP contribution in [0, 0.1) is 27.7 Å². The van der Waals surface area contributed by atoms with Crippen molar-refractivity contribution in [1.82, 2.24) is 0 Å². The van der Waals surface area contributed by atoms with Crippen LogP contribution in [0.4, 0.5) is 0 Å². The molecule has 3 aromatic rings. The maximum Gasteiger partial charge on any atom is 0.340 e. The second-order valence-corrected chi connectivity index (χ2v) is 7.94. The number of aromatic hydroxyl groups is 2. The molecular weight excluding hydrogens is 396 g/mol. The number of benzene rings is 3. The first-order chi connectivity index (χ1) is 14.6. The molecule has 3 N–H and O–H groups in total. The molecule has 6 heteroatoms. The highest BCUT2D eigenvalue weighted by molar-refractivity contribution is 5.99. The number of fused-ring (bicyclic) bond motifs is 1. The number of carboxylic acids is 1. The Labute approximate surface area is 179 Å². The van der Waals surface area contributed by atoms with E-state index in [2.05, 4.69) is 0 Å². The van der Waals surface area contributed by atoms with Crippen molar-refractivity contribution in [3.63, 3.8) is 0 Å². The zero-order valence-corrected chi connectivity index (χ0v) is 17.6. The first-order valence-electron chi connectivity index (χ1n) is 9.80. The number of carboxylic acid groups (broad SMARTS) is 1. The number of esters is 1. The van der Waals surface area contributed by atoms with Crippen LogP contribution in [0.25, 0.3) is 0 Å². The van der Waals surface area contributed by atoms with Crippen LogP contribution in [0.15, 0.2) is 42.5 Å². The van der Waals surface area contributed by atoms with Gasteiger partial charge in [-0.25, -0.2) is 9.59 Å². The zero-order valence-electron chi connectivity index (χ0n) is 17.6. The summed E-state index contributed by atoms with van der Waals surface area (Å²) in [7, 11) is 0. The van der Waals surface area contributed by atoms with Crippen molar-refractivity contribution in [2.45, 2.75) is 33.3 Å². The number of phenolic OH excluding ortho intramolecular Hbond substituents is 2. The van der Waals surface area contributed by atoms with Gasteiger partial charge in [0, 0.05) is 16.7 Å². The van der Waals surface area contributed by atoms with Crippen LogP contribution in [0.2, 0.25) is 0 Å². The van der Waals surface area contributed by atoms with E-state index >= 15 is 0 Å². The topological polar surface area (TPSA) is 104 Å². The Morgan fingerprint density at radius 2 is 1.29 bits per heavy atom. The molecule has 0 radical (unpaired) electrons. The maximum absolute atomic E-state index is 13.0. The third-order valence-corrected chi connectivity index (χ3v) is 6.27. The molecule has 6 nitrogen and oxygen atoms in total. The Bertz CT molecular complexity index is 1210. The molecule has 1 aliphatic heterocycles. The molecule has 0 saturated heterocycles. The minimum absolute atomic E-state index is 0.0550. The summed E-state index contributed by atoms with van der Waals surface area (Å²) < 4.78 is 5.93. The van der Waals surface area contributed by atoms with Crippen molar-refractivity contribution in [2.24, 2.45) is 0 Å². The summed E-state index contributed by atoms with van der Waals surface area (Å²) in [4.78, 5) is 24.4. The number of carbonyl (C=O) groups excluding carboxylic acids is 1. The van der Waals surface area contributed by atoms with Gasteiger partial charge < -0.3 is 20.1 Å². The van der Waals surface area contributed by atoms with Crippen molar-refractivity contribution >= 4 is 11.9 Å². The van der Waals surface area contributed by atoms with Gasteiger partial charge in [0.25, 0.3) is 0 Å². The van der Waals surface area contributed by atoms with Crippen LogP contribution >= 0.6 is 0 Å². The molecule has 0 atom stereocenters. The fraction of sp³-hybridized carbons (Fsp3) is 0.200. The van der Waals surface area contributed by atoms with Crippen LogP contribution in [0.5, 0.6) is 11.5 Å². The SMILES string of the molecule is Cc1ccc(C2(c3ccc(C)c(C)c3O)OC(=O)c3cc(C(=O)O)ccc32)c(O)c1C. The first-order valence-corrected chi connectivity index (χ1v) is 9.80. The van der Waals surface area contributed by atoms with Gasteiger partial charge in [0.15, 0.2) is 5.60 Å². The van der Waals surface area contributed by atoms with Crippen LogP contribution in [0.3, 0.4) is 0 Å². The highest BCUT2D eigenvalue weighted by Gasteiger charge is 2.52. The average molecular weight is 418 g/mol. The van der Waals surface area contributed by atoms with E-state index < -0.39 is 17.5 Å². The van der Waals surface area contributed by atoms with Crippen LogP contribution < -0.4 is 0 Å². The lowest BCUT2D eigenvalue weighted by Crippen LogP contribution is -2.30. The van der Waals surface area contributed by atoms with E-state index in [1.165, 1.54) is 18.2 Å². The summed E-state index contributed by atoms with van der Waals surface area (Å²) in [5.41, 5.74) is 2.29. The van der Waals surface area contributed by atoms with Gasteiger partial charge >= 0.3 is 11.9 Å². The summed E-state index contributed by atoms with van der Waals surface area (Å²) in [6, 6.07) is 11.1. The summed E-state index contributed by atoms with van der Waals surface area (Å²) in [5.74, 6) is -2.01. The molecule has 0 amide bonds. The number of aryl methyl sites for hydroxylation is 2. The molecule has 4 rings (SSSR count). The lowest BCUT2D eigenvalue weighted by molar-refractivity contribution is 0.0239. The Morgan fingerprint density at radius 1 is 0.806 bits per heavy atom. The third kappa shape index (κ3) is 2.79. The van der Waals surface area contributed by atoms with Crippen molar-refractivity contribution in [1.29, 1.82) is 0 Å². The van der Waals surface area contributed by atoms with Gasteiger partial charge in [0.05, 0.1) is 11.1 Å². The fourth-order valence-electron chi connectivity index (χ4n) is 4.12. The van der Waals surface area contributed by atoms with Gasteiger partial charge in [-0.1, -0.05) is 30.3 Å². The molecule has 158 valence electrons. The Morgan fingerprint density at radius 3 is 1.77 bits per heavy atom. The van der Waals surface area contributed by atoms with Gasteiger partial charge in [-0.2, -0.15) is 0 Å². The summed E-state index contributed by atoms with van der Waals surface area (Å²) in [6.45, 7) is 7.22. The average Bonchev–Trinajstić information content (AvgIpc) is 3.03. The zero-order chi connectivity index (χ0) is 22.7.